The fourth-order valence-corrected chi connectivity index (χ4v) is 5.63. The number of anilines is 2. The van der Waals surface area contributed by atoms with Crippen molar-refractivity contribution in [3.05, 3.63) is 88.2 Å². The van der Waals surface area contributed by atoms with Gasteiger partial charge in [-0.3, -0.25) is 14.5 Å². The molecule has 2 aliphatic rings. The average molecular weight is 635 g/mol. The summed E-state index contributed by atoms with van der Waals surface area (Å²) in [5.41, 5.74) is -0.280. The first-order chi connectivity index (χ1) is 22.0. The van der Waals surface area contributed by atoms with Crippen LogP contribution in [0.4, 0.5) is 25.0 Å². The molecule has 2 atom stereocenters. The van der Waals surface area contributed by atoms with Crippen LogP contribution in [-0.4, -0.2) is 71.1 Å². The van der Waals surface area contributed by atoms with Crippen LogP contribution in [0.3, 0.4) is 0 Å². The Bertz CT molecular complexity index is 1930. The van der Waals surface area contributed by atoms with Crippen LogP contribution < -0.4 is 25.3 Å². The summed E-state index contributed by atoms with van der Waals surface area (Å²) in [6.45, 7) is 2.14. The lowest BCUT2D eigenvalue weighted by molar-refractivity contribution is -0.119. The van der Waals surface area contributed by atoms with Crippen LogP contribution in [0.5, 0.6) is 11.5 Å². The van der Waals surface area contributed by atoms with E-state index in [0.717, 1.165) is 18.3 Å². The van der Waals surface area contributed by atoms with Gasteiger partial charge in [-0.1, -0.05) is 0 Å². The van der Waals surface area contributed by atoms with E-state index in [-0.39, 0.29) is 59.3 Å². The first kappa shape index (κ1) is 30.4. The molecule has 0 aliphatic carbocycles. The summed E-state index contributed by atoms with van der Waals surface area (Å²) < 4.78 is 43.2. The number of carboxylic acid groups (broad SMARTS) is 1. The summed E-state index contributed by atoms with van der Waals surface area (Å²) in [7, 11) is 0. The number of carbonyl (C=O) groups is 3. The highest BCUT2D eigenvalue weighted by Gasteiger charge is 2.33. The minimum atomic E-state index is -1.46. The predicted octanol–water partition coefficient (Wildman–Crippen LogP) is 3.79. The van der Waals surface area contributed by atoms with Crippen molar-refractivity contribution in [2.24, 2.45) is 0 Å². The number of hydrogen-bond acceptors (Lipinski definition) is 8. The Hall–Kier alpha value is -5.66. The number of carboxylic acids is 1. The molecule has 2 amide bonds. The smallest absolute Gasteiger partial charge is 0.414 e. The molecular formula is C32H28F2N4O8. The van der Waals surface area contributed by atoms with Gasteiger partial charge in [0.15, 0.2) is 11.6 Å². The summed E-state index contributed by atoms with van der Waals surface area (Å²) in [5.74, 6) is -3.25. The molecule has 3 aromatic carbocycles. The molecule has 3 heterocycles. The molecule has 46 heavy (non-hydrogen) atoms. The maximum atomic E-state index is 15.5. The van der Waals surface area contributed by atoms with Crippen LogP contribution in [0, 0.1) is 11.6 Å². The standard InChI is InChI=1S/C32H28F2N4O8/c1-17(39)35-13-22-15-38(32(44)46-22)19-4-7-29(26(34)10-19)45-21-8-9-36(14-21)28-12-27-23(11-25(28)33)30(41)24(31(42)43)16-37(27)18-2-5-20(40)6-3-18/h2-7,10-12,16,21-22,40H,8-9,13-15H2,1H3,(H,35,39)(H,42,43)/t21-,22-/m0/s1. The number of ether oxygens (including phenoxy) is 2. The van der Waals surface area contributed by atoms with Gasteiger partial charge >= 0.3 is 12.1 Å². The number of phenolic OH excluding ortho intramolecular Hbond substituents is 1. The van der Waals surface area contributed by atoms with E-state index in [2.05, 4.69) is 5.32 Å². The van der Waals surface area contributed by atoms with E-state index in [1.54, 1.807) is 4.90 Å². The number of nitrogens with zero attached hydrogens (tertiary/aromatic N) is 3. The van der Waals surface area contributed by atoms with Crippen LogP contribution in [0.25, 0.3) is 16.6 Å². The van der Waals surface area contributed by atoms with Gasteiger partial charge in [-0.2, -0.15) is 0 Å². The van der Waals surface area contributed by atoms with E-state index < -0.39 is 46.9 Å². The first-order valence-corrected chi connectivity index (χ1v) is 14.3. The van der Waals surface area contributed by atoms with Gasteiger partial charge in [0, 0.05) is 43.2 Å². The van der Waals surface area contributed by atoms with E-state index in [1.807, 2.05) is 0 Å². The maximum absolute atomic E-state index is 15.5. The van der Waals surface area contributed by atoms with Crippen molar-refractivity contribution in [2.75, 3.05) is 36.0 Å². The molecule has 14 heteroatoms. The third kappa shape index (κ3) is 5.88. The van der Waals surface area contributed by atoms with E-state index in [9.17, 15) is 29.4 Å². The number of aromatic nitrogens is 1. The summed E-state index contributed by atoms with van der Waals surface area (Å²) in [5, 5.41) is 21.8. The van der Waals surface area contributed by atoms with Crippen molar-refractivity contribution in [2.45, 2.75) is 25.6 Å². The lowest BCUT2D eigenvalue weighted by Gasteiger charge is -2.22. The minimum absolute atomic E-state index is 0.0145. The Morgan fingerprint density at radius 2 is 1.76 bits per heavy atom. The number of nitrogens with one attached hydrogen (secondary N) is 1. The van der Waals surface area contributed by atoms with Gasteiger partial charge < -0.3 is 34.5 Å². The number of hydrogen-bond donors (Lipinski definition) is 3. The Labute approximate surface area is 260 Å². The molecule has 238 valence electrons. The molecule has 12 nitrogen and oxygen atoms in total. The van der Waals surface area contributed by atoms with E-state index in [4.69, 9.17) is 9.47 Å². The molecule has 4 aromatic rings. The summed E-state index contributed by atoms with van der Waals surface area (Å²) in [6, 6.07) is 12.4. The predicted molar refractivity (Wildman–Crippen MR) is 162 cm³/mol. The van der Waals surface area contributed by atoms with Crippen molar-refractivity contribution in [3.8, 4) is 17.2 Å². The number of benzene rings is 3. The second-order valence-electron chi connectivity index (χ2n) is 11.0. The van der Waals surface area contributed by atoms with Gasteiger partial charge in [0.1, 0.15) is 29.3 Å². The fraction of sp³-hybridized carbons (Fsp3) is 0.250. The molecule has 0 radical (unpaired) electrons. The number of fused-ring (bicyclic) bond motifs is 1. The Balaban J connectivity index is 1.22. The molecule has 1 aromatic heterocycles. The molecule has 2 aliphatic heterocycles. The zero-order valence-electron chi connectivity index (χ0n) is 24.4. The van der Waals surface area contributed by atoms with E-state index in [1.165, 1.54) is 58.9 Å². The minimum Gasteiger partial charge on any atom is -0.508 e. The Morgan fingerprint density at radius 1 is 1.02 bits per heavy atom. The van der Waals surface area contributed by atoms with Gasteiger partial charge in [-0.15, -0.1) is 0 Å². The highest BCUT2D eigenvalue weighted by atomic mass is 19.1. The number of halogens is 2. The molecule has 2 saturated heterocycles. The Kier molecular flexibility index (Phi) is 7.94. The molecule has 2 fully saturated rings. The second kappa shape index (κ2) is 12.0. The van der Waals surface area contributed by atoms with Gasteiger partial charge in [-0.05, 0) is 48.5 Å². The normalized spacial score (nSPS) is 17.8. The Morgan fingerprint density at radius 3 is 2.46 bits per heavy atom. The van der Waals surface area contributed by atoms with Crippen molar-refractivity contribution in [3.63, 3.8) is 0 Å². The average Bonchev–Trinajstić information content (AvgIpc) is 3.64. The molecule has 0 spiro atoms. The lowest BCUT2D eigenvalue weighted by Crippen LogP contribution is -2.33. The van der Waals surface area contributed by atoms with Crippen LogP contribution in [0.1, 0.15) is 23.7 Å². The fourth-order valence-electron chi connectivity index (χ4n) is 5.63. The lowest BCUT2D eigenvalue weighted by atomic mass is 10.1. The number of rotatable bonds is 8. The van der Waals surface area contributed by atoms with Gasteiger partial charge in [-0.25, -0.2) is 18.4 Å². The zero-order chi connectivity index (χ0) is 32.7. The number of cyclic esters (lactones) is 1. The molecule has 0 bridgehead atoms. The topological polar surface area (TPSA) is 151 Å². The highest BCUT2D eigenvalue weighted by Crippen LogP contribution is 2.32. The highest BCUT2D eigenvalue weighted by molar-refractivity contribution is 5.94. The summed E-state index contributed by atoms with van der Waals surface area (Å²) >= 11 is 0. The molecule has 3 N–H and O–H groups in total. The number of carbonyl (C=O) groups excluding carboxylic acids is 2. The number of aromatic carboxylic acids is 1. The third-order valence-corrected chi connectivity index (χ3v) is 7.89. The summed E-state index contributed by atoms with van der Waals surface area (Å²) in [6.07, 6.45) is -0.186. The number of amides is 2. The number of phenols is 1. The van der Waals surface area contributed by atoms with Crippen molar-refractivity contribution in [1.29, 1.82) is 0 Å². The molecule has 6 rings (SSSR count). The largest absolute Gasteiger partial charge is 0.508 e. The zero-order valence-corrected chi connectivity index (χ0v) is 24.4. The molecule has 0 unspecified atom stereocenters. The SMILES string of the molecule is CC(=O)NC[C@H]1CN(c2ccc(O[C@H]3CCN(c4cc5c(cc4F)c(=O)c(C(=O)O)cn5-c4ccc(O)cc4)C3)c(F)c2)C(=O)O1. The van der Waals surface area contributed by atoms with Crippen LogP contribution in [-0.2, 0) is 9.53 Å². The third-order valence-electron chi connectivity index (χ3n) is 7.89. The van der Waals surface area contributed by atoms with Gasteiger partial charge in [0.05, 0.1) is 36.5 Å². The van der Waals surface area contributed by atoms with Gasteiger partial charge in [0.25, 0.3) is 0 Å². The van der Waals surface area contributed by atoms with Crippen LogP contribution in [0.2, 0.25) is 0 Å². The quantitative estimate of drug-likeness (QED) is 0.263. The van der Waals surface area contributed by atoms with E-state index >= 15 is 8.78 Å². The number of pyridine rings is 1. The maximum Gasteiger partial charge on any atom is 0.414 e. The van der Waals surface area contributed by atoms with Crippen molar-refractivity contribution in [1.82, 2.24) is 9.88 Å². The van der Waals surface area contributed by atoms with Crippen molar-refractivity contribution >= 4 is 40.2 Å². The van der Waals surface area contributed by atoms with Crippen LogP contribution >= 0.6 is 0 Å². The van der Waals surface area contributed by atoms with Gasteiger partial charge in [0.2, 0.25) is 11.3 Å². The number of aromatic hydroxyl groups is 1. The first-order valence-electron chi connectivity index (χ1n) is 14.3. The van der Waals surface area contributed by atoms with E-state index in [0.29, 0.717) is 18.7 Å². The molecular weight excluding hydrogens is 606 g/mol. The molecule has 0 saturated carbocycles. The van der Waals surface area contributed by atoms with Crippen LogP contribution in [0.15, 0.2) is 65.6 Å². The summed E-state index contributed by atoms with van der Waals surface area (Å²) in [4.78, 5) is 51.2. The second-order valence-corrected chi connectivity index (χ2v) is 11.0. The van der Waals surface area contributed by atoms with Crippen molar-refractivity contribution < 1.29 is 42.9 Å². The monoisotopic (exact) mass is 634 g/mol.